The summed E-state index contributed by atoms with van der Waals surface area (Å²) in [7, 11) is 0. The van der Waals surface area contributed by atoms with Gasteiger partial charge in [-0.2, -0.15) is 5.10 Å². The minimum Gasteiger partial charge on any atom is -0.493 e. The zero-order valence-electron chi connectivity index (χ0n) is 13.2. The van der Waals surface area contributed by atoms with Gasteiger partial charge in [-0.25, -0.2) is 4.68 Å². The Morgan fingerprint density at radius 2 is 1.45 bits per heavy atom. The van der Waals surface area contributed by atoms with Gasteiger partial charge in [-0.3, -0.25) is 0 Å². The first-order valence-electron chi connectivity index (χ1n) is 7.55. The van der Waals surface area contributed by atoms with Crippen molar-refractivity contribution in [3.8, 4) is 22.7 Å². The zero-order valence-corrected chi connectivity index (χ0v) is 13.2. The SMILES string of the molecule is CCc1nn(-c2ccc(C)cc2)c(O)c1-c1ccc(C)cc1. The van der Waals surface area contributed by atoms with Crippen LogP contribution >= 0.6 is 0 Å². The van der Waals surface area contributed by atoms with E-state index in [0.717, 1.165) is 28.9 Å². The molecule has 0 unspecified atom stereocenters. The van der Waals surface area contributed by atoms with Gasteiger partial charge in [0.25, 0.3) is 0 Å². The third kappa shape index (κ3) is 2.50. The number of benzene rings is 2. The smallest absolute Gasteiger partial charge is 0.222 e. The second-order valence-electron chi connectivity index (χ2n) is 5.61. The molecular weight excluding hydrogens is 272 g/mol. The molecule has 0 saturated heterocycles. The number of aromatic nitrogens is 2. The topological polar surface area (TPSA) is 38.0 Å². The number of nitrogens with zero attached hydrogens (tertiary/aromatic N) is 2. The second-order valence-corrected chi connectivity index (χ2v) is 5.61. The first-order valence-corrected chi connectivity index (χ1v) is 7.55. The number of hydrogen-bond acceptors (Lipinski definition) is 2. The standard InChI is InChI=1S/C19H20N2O/c1-4-17-18(15-9-5-13(2)6-10-15)19(22)21(20-17)16-11-7-14(3)8-12-16/h5-12,22H,4H2,1-3H3. The van der Waals surface area contributed by atoms with Crippen molar-refractivity contribution in [2.24, 2.45) is 0 Å². The number of aryl methyl sites for hydroxylation is 3. The van der Waals surface area contributed by atoms with Gasteiger partial charge < -0.3 is 5.11 Å². The van der Waals surface area contributed by atoms with E-state index in [4.69, 9.17) is 0 Å². The molecule has 0 aliphatic carbocycles. The molecule has 0 aliphatic rings. The summed E-state index contributed by atoms with van der Waals surface area (Å²) in [6.45, 7) is 6.15. The van der Waals surface area contributed by atoms with Crippen molar-refractivity contribution >= 4 is 0 Å². The van der Waals surface area contributed by atoms with E-state index in [9.17, 15) is 5.11 Å². The van der Waals surface area contributed by atoms with Gasteiger partial charge in [0.05, 0.1) is 16.9 Å². The highest BCUT2D eigenvalue weighted by Gasteiger charge is 2.18. The summed E-state index contributed by atoms with van der Waals surface area (Å²) in [6.07, 6.45) is 0.773. The average molecular weight is 292 g/mol. The van der Waals surface area contributed by atoms with E-state index < -0.39 is 0 Å². The van der Waals surface area contributed by atoms with Gasteiger partial charge >= 0.3 is 0 Å². The van der Waals surface area contributed by atoms with Crippen LogP contribution in [0.2, 0.25) is 0 Å². The van der Waals surface area contributed by atoms with Crippen LogP contribution in [-0.4, -0.2) is 14.9 Å². The molecule has 112 valence electrons. The zero-order chi connectivity index (χ0) is 15.7. The fourth-order valence-electron chi connectivity index (χ4n) is 2.58. The molecule has 0 aliphatic heterocycles. The maximum Gasteiger partial charge on any atom is 0.222 e. The van der Waals surface area contributed by atoms with Gasteiger partial charge in [-0.05, 0) is 38.0 Å². The molecule has 0 atom stereocenters. The summed E-state index contributed by atoms with van der Waals surface area (Å²) in [5.41, 5.74) is 5.98. The van der Waals surface area contributed by atoms with Crippen molar-refractivity contribution in [2.75, 3.05) is 0 Å². The Labute approximate surface area is 130 Å². The van der Waals surface area contributed by atoms with Crippen LogP contribution in [0.1, 0.15) is 23.7 Å². The Kier molecular flexibility index (Phi) is 3.72. The van der Waals surface area contributed by atoms with Gasteiger partial charge in [0, 0.05) is 0 Å². The summed E-state index contributed by atoms with van der Waals surface area (Å²) < 4.78 is 1.62. The van der Waals surface area contributed by atoms with Gasteiger partial charge in [0.15, 0.2) is 0 Å². The summed E-state index contributed by atoms with van der Waals surface area (Å²) in [5.74, 6) is 0.199. The normalized spacial score (nSPS) is 10.9. The van der Waals surface area contributed by atoms with Crippen LogP contribution in [0.15, 0.2) is 48.5 Å². The first-order chi connectivity index (χ1) is 10.6. The fraction of sp³-hybridized carbons (Fsp3) is 0.211. The average Bonchev–Trinajstić information content (AvgIpc) is 2.86. The van der Waals surface area contributed by atoms with E-state index in [1.165, 1.54) is 11.1 Å². The summed E-state index contributed by atoms with van der Waals surface area (Å²) in [5, 5.41) is 15.3. The molecule has 2 aromatic carbocycles. The molecule has 0 bridgehead atoms. The molecule has 3 heteroatoms. The molecule has 0 fully saturated rings. The van der Waals surface area contributed by atoms with Gasteiger partial charge in [-0.1, -0.05) is 54.4 Å². The van der Waals surface area contributed by atoms with Crippen LogP contribution in [0.4, 0.5) is 0 Å². The predicted molar refractivity (Wildman–Crippen MR) is 89.5 cm³/mol. The molecule has 3 aromatic rings. The van der Waals surface area contributed by atoms with E-state index >= 15 is 0 Å². The van der Waals surface area contributed by atoms with Crippen LogP contribution in [0, 0.1) is 13.8 Å². The first kappa shape index (κ1) is 14.4. The molecule has 1 N–H and O–H groups in total. The van der Waals surface area contributed by atoms with E-state index in [1.54, 1.807) is 4.68 Å². The van der Waals surface area contributed by atoms with Gasteiger partial charge in [0.1, 0.15) is 0 Å². The molecule has 0 spiro atoms. The molecule has 0 amide bonds. The molecule has 0 radical (unpaired) electrons. The van der Waals surface area contributed by atoms with Crippen LogP contribution in [-0.2, 0) is 6.42 Å². The highest BCUT2D eigenvalue weighted by Crippen LogP contribution is 2.35. The molecule has 1 aromatic heterocycles. The quantitative estimate of drug-likeness (QED) is 0.775. The van der Waals surface area contributed by atoms with Crippen molar-refractivity contribution in [1.29, 1.82) is 0 Å². The van der Waals surface area contributed by atoms with E-state index in [0.29, 0.717) is 0 Å². The molecule has 1 heterocycles. The molecule has 22 heavy (non-hydrogen) atoms. The Morgan fingerprint density at radius 3 is 2.00 bits per heavy atom. The molecule has 0 saturated carbocycles. The molecule has 3 rings (SSSR count). The third-order valence-electron chi connectivity index (χ3n) is 3.89. The lowest BCUT2D eigenvalue weighted by Crippen LogP contribution is -1.96. The lowest BCUT2D eigenvalue weighted by atomic mass is 10.0. The number of aromatic hydroxyl groups is 1. The van der Waals surface area contributed by atoms with Crippen molar-refractivity contribution in [3.05, 3.63) is 65.4 Å². The molecular formula is C19H20N2O. The maximum absolute atomic E-state index is 10.7. The van der Waals surface area contributed by atoms with Crippen molar-refractivity contribution < 1.29 is 5.11 Å². The second kappa shape index (κ2) is 5.68. The predicted octanol–water partition coefficient (Wildman–Crippen LogP) is 4.42. The van der Waals surface area contributed by atoms with Crippen molar-refractivity contribution in [3.63, 3.8) is 0 Å². The summed E-state index contributed by atoms with van der Waals surface area (Å²) in [6, 6.07) is 16.2. The lowest BCUT2D eigenvalue weighted by Gasteiger charge is -2.05. The third-order valence-corrected chi connectivity index (χ3v) is 3.89. The van der Waals surface area contributed by atoms with Crippen LogP contribution in [0.3, 0.4) is 0 Å². The van der Waals surface area contributed by atoms with Gasteiger partial charge in [0.2, 0.25) is 5.88 Å². The van der Waals surface area contributed by atoms with Crippen LogP contribution < -0.4 is 0 Å². The number of rotatable bonds is 3. The van der Waals surface area contributed by atoms with Crippen molar-refractivity contribution in [2.45, 2.75) is 27.2 Å². The Hall–Kier alpha value is -2.55. The van der Waals surface area contributed by atoms with E-state index in [1.807, 2.05) is 43.3 Å². The summed E-state index contributed by atoms with van der Waals surface area (Å²) >= 11 is 0. The Bertz CT molecular complexity index is 784. The van der Waals surface area contributed by atoms with E-state index in [2.05, 4.69) is 31.1 Å². The minimum absolute atomic E-state index is 0.199. The Morgan fingerprint density at radius 1 is 0.909 bits per heavy atom. The van der Waals surface area contributed by atoms with E-state index in [-0.39, 0.29) is 5.88 Å². The van der Waals surface area contributed by atoms with Crippen LogP contribution in [0.25, 0.3) is 16.8 Å². The highest BCUT2D eigenvalue weighted by molar-refractivity contribution is 5.72. The van der Waals surface area contributed by atoms with Crippen LogP contribution in [0.5, 0.6) is 5.88 Å². The molecule has 3 nitrogen and oxygen atoms in total. The highest BCUT2D eigenvalue weighted by atomic mass is 16.3. The van der Waals surface area contributed by atoms with Gasteiger partial charge in [-0.15, -0.1) is 0 Å². The summed E-state index contributed by atoms with van der Waals surface area (Å²) in [4.78, 5) is 0. The lowest BCUT2D eigenvalue weighted by molar-refractivity contribution is 0.435. The minimum atomic E-state index is 0.199. The maximum atomic E-state index is 10.7. The fourth-order valence-corrected chi connectivity index (χ4v) is 2.58. The van der Waals surface area contributed by atoms with Crippen molar-refractivity contribution in [1.82, 2.24) is 9.78 Å². The largest absolute Gasteiger partial charge is 0.493 e. The Balaban J connectivity index is 2.15. The number of hydrogen-bond donors (Lipinski definition) is 1. The monoisotopic (exact) mass is 292 g/mol.